The van der Waals surface area contributed by atoms with E-state index in [9.17, 15) is 23.5 Å². The molecule has 2 amide bonds. The number of amides is 2. The summed E-state index contributed by atoms with van der Waals surface area (Å²) >= 11 is 3.25. The topological polar surface area (TPSA) is 128 Å². The number of ether oxygens (including phenoxy) is 2. The quantitative estimate of drug-likeness (QED) is 0.461. The molecule has 2 heterocycles. The summed E-state index contributed by atoms with van der Waals surface area (Å²) in [5.74, 6) is -4.37. The van der Waals surface area contributed by atoms with Gasteiger partial charge in [0.1, 0.15) is 23.7 Å². The van der Waals surface area contributed by atoms with Crippen LogP contribution < -0.4 is 10.5 Å². The summed E-state index contributed by atoms with van der Waals surface area (Å²) in [6, 6.07) is 8.53. The predicted molar refractivity (Wildman–Crippen MR) is 122 cm³/mol. The van der Waals surface area contributed by atoms with Gasteiger partial charge in [-0.3, -0.25) is 9.59 Å². The fourth-order valence-corrected chi connectivity index (χ4v) is 3.95. The van der Waals surface area contributed by atoms with E-state index in [0.29, 0.717) is 43.1 Å². The number of benzene rings is 2. The second-order valence-corrected chi connectivity index (χ2v) is 8.30. The van der Waals surface area contributed by atoms with Gasteiger partial charge >= 0.3 is 0 Å². The Bertz CT molecular complexity index is 1240. The fourth-order valence-electron chi connectivity index (χ4n) is 3.47. The standard InChI is InChI=1S/C23H20BrF2N3O6/c24-20-19(12-1-3-13(4-2-12)23(32)29-7-9-33-10-8-29)28-22(35-20)15(30)11-34-16-6-5-14(25)17(18(16)26)21(27)31/h1-6,15,30H,7-11H2,(H2,27,31). The van der Waals surface area contributed by atoms with Crippen LogP contribution >= 0.6 is 15.9 Å². The van der Waals surface area contributed by atoms with Gasteiger partial charge in [-0.2, -0.15) is 0 Å². The van der Waals surface area contributed by atoms with Crippen LogP contribution in [0.15, 0.2) is 45.5 Å². The second-order valence-electron chi connectivity index (χ2n) is 7.58. The van der Waals surface area contributed by atoms with Crippen molar-refractivity contribution in [2.24, 2.45) is 5.73 Å². The molecule has 184 valence electrons. The van der Waals surface area contributed by atoms with Crippen molar-refractivity contribution in [3.63, 3.8) is 0 Å². The van der Waals surface area contributed by atoms with E-state index in [4.69, 9.17) is 19.6 Å². The fraction of sp³-hybridized carbons (Fsp3) is 0.261. The number of oxazole rings is 1. The average molecular weight is 552 g/mol. The predicted octanol–water partition coefficient (Wildman–Crippen LogP) is 3.07. The molecule has 0 radical (unpaired) electrons. The van der Waals surface area contributed by atoms with Crippen LogP contribution in [0.1, 0.15) is 32.7 Å². The van der Waals surface area contributed by atoms with Crippen molar-refractivity contribution in [2.75, 3.05) is 32.9 Å². The highest BCUT2D eigenvalue weighted by atomic mass is 79.9. The summed E-state index contributed by atoms with van der Waals surface area (Å²) in [6.45, 7) is 1.57. The molecule has 1 atom stereocenters. The molecule has 3 N–H and O–H groups in total. The molecule has 0 spiro atoms. The summed E-state index contributed by atoms with van der Waals surface area (Å²) in [6.07, 6.45) is -1.41. The molecule has 0 saturated carbocycles. The number of aliphatic hydroxyl groups is 1. The molecule has 1 aliphatic rings. The monoisotopic (exact) mass is 551 g/mol. The first kappa shape index (κ1) is 24.8. The van der Waals surface area contributed by atoms with Crippen molar-refractivity contribution in [1.29, 1.82) is 0 Å². The number of carbonyl (C=O) groups is 2. The molecule has 1 fully saturated rings. The number of primary amides is 1. The van der Waals surface area contributed by atoms with Gasteiger partial charge in [-0.25, -0.2) is 13.8 Å². The summed E-state index contributed by atoms with van der Waals surface area (Å²) in [7, 11) is 0. The van der Waals surface area contributed by atoms with E-state index in [-0.39, 0.29) is 16.5 Å². The molecule has 1 aromatic heterocycles. The normalized spacial score (nSPS) is 14.6. The molecular formula is C23H20BrF2N3O6. The zero-order valence-corrected chi connectivity index (χ0v) is 19.8. The lowest BCUT2D eigenvalue weighted by atomic mass is 10.1. The van der Waals surface area contributed by atoms with Crippen LogP contribution in [-0.2, 0) is 4.74 Å². The molecule has 9 nitrogen and oxygen atoms in total. The number of hydrogen-bond donors (Lipinski definition) is 2. The summed E-state index contributed by atoms with van der Waals surface area (Å²) in [5, 5.41) is 10.4. The van der Waals surface area contributed by atoms with Crippen molar-refractivity contribution in [2.45, 2.75) is 6.10 Å². The highest BCUT2D eigenvalue weighted by molar-refractivity contribution is 9.10. The Morgan fingerprint density at radius 1 is 1.17 bits per heavy atom. The maximum atomic E-state index is 14.3. The molecule has 12 heteroatoms. The van der Waals surface area contributed by atoms with E-state index in [0.717, 1.165) is 12.1 Å². The lowest BCUT2D eigenvalue weighted by molar-refractivity contribution is 0.0303. The first-order valence-electron chi connectivity index (χ1n) is 10.5. The van der Waals surface area contributed by atoms with E-state index in [1.54, 1.807) is 29.2 Å². The maximum Gasteiger partial charge on any atom is 0.254 e. The molecule has 1 saturated heterocycles. The minimum Gasteiger partial charge on any atom is -0.487 e. The number of aromatic nitrogens is 1. The van der Waals surface area contributed by atoms with Crippen LogP contribution in [0.3, 0.4) is 0 Å². The largest absolute Gasteiger partial charge is 0.487 e. The summed E-state index contributed by atoms with van der Waals surface area (Å²) < 4.78 is 44.1. The molecule has 1 unspecified atom stereocenters. The molecule has 4 rings (SSSR count). The number of rotatable bonds is 7. The number of morpholine rings is 1. The van der Waals surface area contributed by atoms with E-state index in [1.807, 2.05) is 0 Å². The van der Waals surface area contributed by atoms with Gasteiger partial charge in [0.15, 0.2) is 22.3 Å². The molecule has 2 aromatic carbocycles. The van der Waals surface area contributed by atoms with Crippen molar-refractivity contribution in [3.8, 4) is 17.0 Å². The molecule has 1 aliphatic heterocycles. The van der Waals surface area contributed by atoms with Gasteiger partial charge < -0.3 is 29.6 Å². The zero-order valence-electron chi connectivity index (χ0n) is 18.2. The molecule has 0 bridgehead atoms. The molecular weight excluding hydrogens is 532 g/mol. The highest BCUT2D eigenvalue weighted by Crippen LogP contribution is 2.32. The van der Waals surface area contributed by atoms with Crippen LogP contribution in [0, 0.1) is 11.6 Å². The Morgan fingerprint density at radius 2 is 1.86 bits per heavy atom. The summed E-state index contributed by atoms with van der Waals surface area (Å²) in [4.78, 5) is 29.8. The Hall–Kier alpha value is -3.35. The zero-order chi connectivity index (χ0) is 25.1. The van der Waals surface area contributed by atoms with E-state index in [1.165, 1.54) is 0 Å². The van der Waals surface area contributed by atoms with Gasteiger partial charge in [-0.1, -0.05) is 12.1 Å². The first-order chi connectivity index (χ1) is 16.8. The Morgan fingerprint density at radius 3 is 2.51 bits per heavy atom. The van der Waals surface area contributed by atoms with Gasteiger partial charge in [0.2, 0.25) is 5.89 Å². The van der Waals surface area contributed by atoms with Gasteiger partial charge in [-0.15, -0.1) is 0 Å². The third-order valence-electron chi connectivity index (χ3n) is 5.29. The van der Waals surface area contributed by atoms with Gasteiger partial charge in [0, 0.05) is 24.2 Å². The Labute approximate surface area is 206 Å². The van der Waals surface area contributed by atoms with Crippen LogP contribution in [-0.4, -0.2) is 59.7 Å². The molecule has 0 aliphatic carbocycles. The SMILES string of the molecule is NC(=O)c1c(F)ccc(OCC(O)c2nc(-c3ccc(C(=O)N4CCOCC4)cc3)c(Br)o2)c1F. The van der Waals surface area contributed by atoms with Crippen LogP contribution in [0.2, 0.25) is 0 Å². The second kappa shape index (κ2) is 10.5. The third-order valence-corrected chi connectivity index (χ3v) is 5.83. The maximum absolute atomic E-state index is 14.3. The molecule has 3 aromatic rings. The van der Waals surface area contributed by atoms with Crippen molar-refractivity contribution in [1.82, 2.24) is 9.88 Å². The number of halogens is 3. The van der Waals surface area contributed by atoms with Crippen LogP contribution in [0.4, 0.5) is 8.78 Å². The highest BCUT2D eigenvalue weighted by Gasteiger charge is 2.24. The van der Waals surface area contributed by atoms with Crippen molar-refractivity contribution < 1.29 is 37.4 Å². The van der Waals surface area contributed by atoms with Crippen LogP contribution in [0.25, 0.3) is 11.3 Å². The number of nitrogens with two attached hydrogens (primary N) is 1. The minimum absolute atomic E-state index is 0.0974. The first-order valence-corrected chi connectivity index (χ1v) is 11.3. The molecule has 35 heavy (non-hydrogen) atoms. The minimum atomic E-state index is -1.41. The van der Waals surface area contributed by atoms with E-state index in [2.05, 4.69) is 20.9 Å². The summed E-state index contributed by atoms with van der Waals surface area (Å²) in [5.41, 5.74) is 5.56. The smallest absolute Gasteiger partial charge is 0.254 e. The number of nitrogens with zero attached hydrogens (tertiary/aromatic N) is 2. The Kier molecular flexibility index (Phi) is 7.43. The number of carbonyl (C=O) groups excluding carboxylic acids is 2. The van der Waals surface area contributed by atoms with E-state index >= 15 is 0 Å². The number of hydrogen-bond acceptors (Lipinski definition) is 7. The Balaban J connectivity index is 1.45. The van der Waals surface area contributed by atoms with Gasteiger partial charge in [0.25, 0.3) is 11.8 Å². The van der Waals surface area contributed by atoms with Crippen molar-refractivity contribution >= 4 is 27.7 Å². The lowest BCUT2D eigenvalue weighted by Crippen LogP contribution is -2.40. The van der Waals surface area contributed by atoms with Crippen LogP contribution in [0.5, 0.6) is 5.75 Å². The van der Waals surface area contributed by atoms with Gasteiger partial charge in [0.05, 0.1) is 13.2 Å². The van der Waals surface area contributed by atoms with Gasteiger partial charge in [-0.05, 0) is 40.2 Å². The average Bonchev–Trinajstić information content (AvgIpc) is 3.25. The van der Waals surface area contributed by atoms with E-state index < -0.39 is 41.6 Å². The number of aliphatic hydroxyl groups excluding tert-OH is 1. The lowest BCUT2D eigenvalue weighted by Gasteiger charge is -2.26. The third kappa shape index (κ3) is 5.34. The van der Waals surface area contributed by atoms with Crippen molar-refractivity contribution in [3.05, 3.63) is 69.7 Å².